The first-order valence-electron chi connectivity index (χ1n) is 10.1. The van der Waals surface area contributed by atoms with Crippen LogP contribution in [0.15, 0.2) is 36.9 Å². The fraction of sp³-hybridized carbons (Fsp3) is 0.591. The van der Waals surface area contributed by atoms with Crippen molar-refractivity contribution < 1.29 is 9.53 Å². The summed E-state index contributed by atoms with van der Waals surface area (Å²) in [5.74, 6) is 1.50. The molecule has 0 spiro atoms. The minimum absolute atomic E-state index is 0.146. The number of fused-ring (bicyclic) bond motifs is 1. The number of benzene rings is 1. The number of ether oxygens (including phenoxy) is 1. The van der Waals surface area contributed by atoms with Gasteiger partial charge in [0.15, 0.2) is 0 Å². The molecule has 1 aromatic carbocycles. The fourth-order valence-corrected chi connectivity index (χ4v) is 4.92. The highest BCUT2D eigenvalue weighted by Crippen LogP contribution is 2.42. The Morgan fingerprint density at radius 3 is 2.67 bits per heavy atom. The zero-order valence-corrected chi connectivity index (χ0v) is 16.3. The second kappa shape index (κ2) is 6.86. The molecule has 4 rings (SSSR count). The molecule has 0 radical (unpaired) electrons. The van der Waals surface area contributed by atoms with Gasteiger partial charge in [0, 0.05) is 38.5 Å². The van der Waals surface area contributed by atoms with Gasteiger partial charge in [-0.2, -0.15) is 0 Å². The molecule has 3 heterocycles. The standard InChI is InChI=1S/C22H31N3O2/c1-3-4-11-22(23)15-25(16-22)20(26)24-12-9-18(10-13-24)21(2)14-17-7-5-6-8-19(17)27-21/h3,5-8,18H,1,4,9-16,23H2,2H3. The first-order chi connectivity index (χ1) is 12.9. The largest absolute Gasteiger partial charge is 0.487 e. The minimum Gasteiger partial charge on any atom is -0.487 e. The number of amides is 2. The van der Waals surface area contributed by atoms with Crippen molar-refractivity contribution in [3.8, 4) is 5.75 Å². The van der Waals surface area contributed by atoms with Crippen LogP contribution in [0.4, 0.5) is 4.79 Å². The van der Waals surface area contributed by atoms with Gasteiger partial charge in [-0.05, 0) is 44.2 Å². The lowest BCUT2D eigenvalue weighted by atomic mass is 9.79. The Labute approximate surface area is 162 Å². The summed E-state index contributed by atoms with van der Waals surface area (Å²) in [7, 11) is 0. The van der Waals surface area contributed by atoms with Gasteiger partial charge in [0.2, 0.25) is 0 Å². The number of urea groups is 1. The molecule has 5 heteroatoms. The van der Waals surface area contributed by atoms with E-state index in [0.29, 0.717) is 19.0 Å². The lowest BCUT2D eigenvalue weighted by Gasteiger charge is -2.50. The number of hydrogen-bond donors (Lipinski definition) is 1. The molecule has 2 saturated heterocycles. The summed E-state index contributed by atoms with van der Waals surface area (Å²) < 4.78 is 6.34. The number of para-hydroxylation sites is 1. The molecule has 3 aliphatic rings. The molecule has 5 nitrogen and oxygen atoms in total. The van der Waals surface area contributed by atoms with E-state index in [9.17, 15) is 4.79 Å². The Balaban J connectivity index is 1.29. The molecule has 0 aromatic heterocycles. The van der Waals surface area contributed by atoms with Crippen molar-refractivity contribution in [1.29, 1.82) is 0 Å². The van der Waals surface area contributed by atoms with Crippen LogP contribution in [-0.4, -0.2) is 53.1 Å². The molecule has 0 saturated carbocycles. The summed E-state index contributed by atoms with van der Waals surface area (Å²) in [6, 6.07) is 8.48. The van der Waals surface area contributed by atoms with Crippen molar-refractivity contribution in [1.82, 2.24) is 9.80 Å². The van der Waals surface area contributed by atoms with Crippen LogP contribution in [0.1, 0.15) is 38.2 Å². The molecule has 1 aromatic rings. The van der Waals surface area contributed by atoms with Crippen LogP contribution in [0.3, 0.4) is 0 Å². The zero-order valence-electron chi connectivity index (χ0n) is 16.3. The predicted octanol–water partition coefficient (Wildman–Crippen LogP) is 3.19. The Morgan fingerprint density at radius 2 is 2.00 bits per heavy atom. The summed E-state index contributed by atoms with van der Waals surface area (Å²) in [6.07, 6.45) is 6.66. The van der Waals surface area contributed by atoms with Gasteiger partial charge in [0.25, 0.3) is 0 Å². The summed E-state index contributed by atoms with van der Waals surface area (Å²) in [5.41, 5.74) is 7.27. The number of rotatable bonds is 4. The fourth-order valence-electron chi connectivity index (χ4n) is 4.92. The van der Waals surface area contributed by atoms with E-state index >= 15 is 0 Å². The maximum atomic E-state index is 12.8. The van der Waals surface area contributed by atoms with Crippen molar-refractivity contribution in [2.45, 2.75) is 50.2 Å². The van der Waals surface area contributed by atoms with Crippen LogP contribution in [0.25, 0.3) is 0 Å². The first-order valence-corrected chi connectivity index (χ1v) is 10.1. The van der Waals surface area contributed by atoms with Crippen LogP contribution in [0, 0.1) is 5.92 Å². The second-order valence-corrected chi connectivity index (χ2v) is 8.79. The van der Waals surface area contributed by atoms with Gasteiger partial charge in [-0.25, -0.2) is 4.79 Å². The van der Waals surface area contributed by atoms with Crippen molar-refractivity contribution in [2.24, 2.45) is 11.7 Å². The van der Waals surface area contributed by atoms with Crippen LogP contribution in [-0.2, 0) is 6.42 Å². The lowest BCUT2D eigenvalue weighted by Crippen LogP contribution is -2.70. The van der Waals surface area contributed by atoms with E-state index in [-0.39, 0.29) is 17.2 Å². The van der Waals surface area contributed by atoms with Gasteiger partial charge in [0.1, 0.15) is 11.4 Å². The number of piperidine rings is 1. The molecule has 3 aliphatic heterocycles. The van der Waals surface area contributed by atoms with Gasteiger partial charge in [-0.3, -0.25) is 0 Å². The van der Waals surface area contributed by atoms with Gasteiger partial charge < -0.3 is 20.3 Å². The molecule has 1 atom stereocenters. The molecule has 0 aliphatic carbocycles. The Kier molecular flexibility index (Phi) is 4.66. The third-order valence-corrected chi connectivity index (χ3v) is 6.61. The monoisotopic (exact) mass is 369 g/mol. The highest BCUT2D eigenvalue weighted by Gasteiger charge is 2.46. The van der Waals surface area contributed by atoms with Crippen molar-refractivity contribution >= 4 is 6.03 Å². The quantitative estimate of drug-likeness (QED) is 0.829. The average Bonchev–Trinajstić information content (AvgIpc) is 3.01. The highest BCUT2D eigenvalue weighted by molar-refractivity contribution is 5.76. The zero-order chi connectivity index (χ0) is 19.1. The Morgan fingerprint density at radius 1 is 1.30 bits per heavy atom. The number of allylic oxidation sites excluding steroid dienone is 1. The molecular formula is C22H31N3O2. The molecule has 0 bridgehead atoms. The van der Waals surface area contributed by atoms with Gasteiger partial charge in [-0.1, -0.05) is 24.3 Å². The smallest absolute Gasteiger partial charge is 0.320 e. The van der Waals surface area contributed by atoms with E-state index in [1.54, 1.807) is 0 Å². The third-order valence-electron chi connectivity index (χ3n) is 6.61. The van der Waals surface area contributed by atoms with Crippen LogP contribution >= 0.6 is 0 Å². The Hall–Kier alpha value is -2.01. The van der Waals surface area contributed by atoms with Gasteiger partial charge in [-0.15, -0.1) is 6.58 Å². The van der Waals surface area contributed by atoms with E-state index in [0.717, 1.165) is 50.9 Å². The molecule has 146 valence electrons. The summed E-state index contributed by atoms with van der Waals surface area (Å²) >= 11 is 0. The van der Waals surface area contributed by atoms with Crippen molar-refractivity contribution in [3.63, 3.8) is 0 Å². The third kappa shape index (κ3) is 3.45. The molecule has 2 N–H and O–H groups in total. The molecule has 2 amide bonds. The van der Waals surface area contributed by atoms with E-state index in [4.69, 9.17) is 10.5 Å². The maximum Gasteiger partial charge on any atom is 0.320 e. The highest BCUT2D eigenvalue weighted by atomic mass is 16.5. The summed E-state index contributed by atoms with van der Waals surface area (Å²) in [4.78, 5) is 16.7. The predicted molar refractivity (Wildman–Crippen MR) is 107 cm³/mol. The van der Waals surface area contributed by atoms with Crippen LogP contribution in [0.5, 0.6) is 5.75 Å². The number of nitrogens with zero attached hydrogens (tertiary/aromatic N) is 2. The van der Waals surface area contributed by atoms with Crippen LogP contribution < -0.4 is 10.5 Å². The summed E-state index contributed by atoms with van der Waals surface area (Å²) in [6.45, 7) is 8.92. The molecule has 2 fully saturated rings. The number of carbonyl (C=O) groups is 1. The lowest BCUT2D eigenvalue weighted by molar-refractivity contribution is 0.00806. The van der Waals surface area contributed by atoms with E-state index in [2.05, 4.69) is 31.7 Å². The number of carbonyl (C=O) groups excluding carboxylic acids is 1. The number of nitrogens with two attached hydrogens (primary N) is 1. The summed E-state index contributed by atoms with van der Waals surface area (Å²) in [5, 5.41) is 0. The number of likely N-dealkylation sites (tertiary alicyclic amines) is 2. The second-order valence-electron chi connectivity index (χ2n) is 8.79. The Bertz CT molecular complexity index is 693. The van der Waals surface area contributed by atoms with Crippen molar-refractivity contribution in [2.75, 3.05) is 26.2 Å². The van der Waals surface area contributed by atoms with E-state index < -0.39 is 0 Å². The maximum absolute atomic E-state index is 12.8. The molecule has 1 unspecified atom stereocenters. The van der Waals surface area contributed by atoms with E-state index in [1.807, 2.05) is 21.9 Å². The van der Waals surface area contributed by atoms with Crippen molar-refractivity contribution in [3.05, 3.63) is 42.5 Å². The SMILES string of the molecule is C=CCCC1(N)CN(C(=O)N2CCC(C3(C)Cc4ccccc4O3)CC2)C1. The van der Waals surface area contributed by atoms with Crippen LogP contribution in [0.2, 0.25) is 0 Å². The van der Waals surface area contributed by atoms with Gasteiger partial charge >= 0.3 is 6.03 Å². The van der Waals surface area contributed by atoms with Gasteiger partial charge in [0.05, 0.1) is 5.54 Å². The molecular weight excluding hydrogens is 338 g/mol. The first kappa shape index (κ1) is 18.4. The number of hydrogen-bond acceptors (Lipinski definition) is 3. The topological polar surface area (TPSA) is 58.8 Å². The van der Waals surface area contributed by atoms with E-state index in [1.165, 1.54) is 5.56 Å². The average molecular weight is 370 g/mol. The minimum atomic E-state index is -0.223. The molecule has 27 heavy (non-hydrogen) atoms. The normalized spacial score (nSPS) is 26.9.